The van der Waals surface area contributed by atoms with Gasteiger partial charge in [0, 0.05) is 10.8 Å². The Kier molecular flexibility index (Phi) is 13.2. The molecule has 5 heteroatoms. The predicted molar refractivity (Wildman–Crippen MR) is 215 cm³/mol. The number of aliphatic hydroxyl groups excluding tert-OH is 1. The molecular weight excluding hydrogens is 645 g/mol. The van der Waals surface area contributed by atoms with Gasteiger partial charge in [-0.3, -0.25) is 0 Å². The zero-order valence-corrected chi connectivity index (χ0v) is 33.9. The maximum atomic E-state index is 11.1. The number of aliphatic hydroxyl groups is 1. The fraction of sp³-hybridized carbons (Fsp3) is 0.489. The summed E-state index contributed by atoms with van der Waals surface area (Å²) in [6, 6.07) is 33.2. The molecule has 3 atom stereocenters. The number of hydrogen-bond acceptors (Lipinski definition) is 5. The van der Waals surface area contributed by atoms with E-state index in [1.165, 1.54) is 22.3 Å². The van der Waals surface area contributed by atoms with Crippen LogP contribution in [0.15, 0.2) is 97.1 Å². The summed E-state index contributed by atoms with van der Waals surface area (Å²) in [6.07, 6.45) is 1.32. The minimum Gasteiger partial charge on any atom is -0.493 e. The lowest BCUT2D eigenvalue weighted by Crippen LogP contribution is -2.45. The summed E-state index contributed by atoms with van der Waals surface area (Å²) >= 11 is 0. The first kappa shape index (κ1) is 40.8. The largest absolute Gasteiger partial charge is 0.493 e. The van der Waals surface area contributed by atoms with E-state index in [9.17, 15) is 5.11 Å². The highest BCUT2D eigenvalue weighted by Crippen LogP contribution is 2.36. The van der Waals surface area contributed by atoms with Crippen molar-refractivity contribution in [2.75, 3.05) is 13.2 Å². The highest BCUT2D eigenvalue weighted by Gasteiger charge is 2.32. The number of rotatable bonds is 18. The molecule has 0 saturated carbocycles. The fourth-order valence-corrected chi connectivity index (χ4v) is 6.15. The topological polar surface area (TPSA) is 57.2 Å². The molecule has 282 valence electrons. The van der Waals surface area contributed by atoms with E-state index in [2.05, 4.69) is 142 Å². The van der Waals surface area contributed by atoms with Crippen molar-refractivity contribution in [3.05, 3.63) is 119 Å². The van der Waals surface area contributed by atoms with E-state index in [-0.39, 0.29) is 23.0 Å². The van der Waals surface area contributed by atoms with Crippen molar-refractivity contribution in [3.8, 4) is 23.0 Å². The third kappa shape index (κ3) is 10.1. The Hall–Kier alpha value is -3.96. The Balaban J connectivity index is 1.32. The van der Waals surface area contributed by atoms with Gasteiger partial charge >= 0.3 is 0 Å². The molecule has 0 amide bonds. The minimum absolute atomic E-state index is 0.104. The molecule has 5 nitrogen and oxygen atoms in total. The molecule has 4 aromatic rings. The standard InChI is InChI=1S/C47H64O5/c1-13-33(3)31-49-39-23-15-35(16-24-39)44(5,6)38-21-29-42(30-22-38)52-47(11,12)43(48)32-50-40-25-17-36(18-26-40)45(7,8)37-19-27-41(28-20-37)51-46(9,10)34(4)14-2/h15-30,33-34,43,48H,13-14,31-32H2,1-12H3. The van der Waals surface area contributed by atoms with Crippen molar-refractivity contribution in [3.63, 3.8) is 0 Å². The zero-order valence-electron chi connectivity index (χ0n) is 33.9. The average molecular weight is 709 g/mol. The summed E-state index contributed by atoms with van der Waals surface area (Å²) in [5.74, 6) is 4.18. The van der Waals surface area contributed by atoms with Gasteiger partial charge in [0.2, 0.25) is 0 Å². The van der Waals surface area contributed by atoms with Gasteiger partial charge in [-0.1, -0.05) is 110 Å². The Morgan fingerprint density at radius 3 is 1.13 bits per heavy atom. The summed E-state index contributed by atoms with van der Waals surface area (Å²) in [7, 11) is 0. The lowest BCUT2D eigenvalue weighted by Gasteiger charge is -2.33. The normalized spacial score (nSPS) is 14.3. The molecule has 1 N–H and O–H groups in total. The van der Waals surface area contributed by atoms with Crippen LogP contribution in [-0.4, -0.2) is 35.6 Å². The van der Waals surface area contributed by atoms with E-state index in [0.717, 1.165) is 30.9 Å². The monoisotopic (exact) mass is 708 g/mol. The van der Waals surface area contributed by atoms with Crippen molar-refractivity contribution < 1.29 is 24.1 Å². The Labute approximate surface area is 314 Å². The van der Waals surface area contributed by atoms with Crippen LogP contribution in [0.5, 0.6) is 23.0 Å². The molecule has 4 aromatic carbocycles. The first-order valence-electron chi connectivity index (χ1n) is 19.1. The smallest absolute Gasteiger partial charge is 0.132 e. The molecule has 52 heavy (non-hydrogen) atoms. The first-order valence-corrected chi connectivity index (χ1v) is 19.1. The summed E-state index contributed by atoms with van der Waals surface area (Å²) in [5.41, 5.74) is 3.25. The van der Waals surface area contributed by atoms with Crippen molar-refractivity contribution in [2.45, 2.75) is 124 Å². The van der Waals surface area contributed by atoms with E-state index in [1.54, 1.807) is 0 Å². The number of benzene rings is 4. The number of ether oxygens (including phenoxy) is 4. The Bertz CT molecular complexity index is 1670. The second kappa shape index (κ2) is 16.8. The molecule has 0 aromatic heterocycles. The van der Waals surface area contributed by atoms with Crippen LogP contribution < -0.4 is 18.9 Å². The minimum atomic E-state index is -0.871. The van der Waals surface area contributed by atoms with Gasteiger partial charge in [0.05, 0.1) is 6.61 Å². The zero-order chi connectivity index (χ0) is 38.3. The predicted octanol–water partition coefficient (Wildman–Crippen LogP) is 11.6. The third-order valence-corrected chi connectivity index (χ3v) is 11.3. The van der Waals surface area contributed by atoms with E-state index < -0.39 is 11.7 Å². The van der Waals surface area contributed by atoms with Crippen molar-refractivity contribution in [1.29, 1.82) is 0 Å². The van der Waals surface area contributed by atoms with Crippen LogP contribution in [0.25, 0.3) is 0 Å². The molecule has 0 aliphatic heterocycles. The molecule has 0 aliphatic carbocycles. The number of hydrogen-bond donors (Lipinski definition) is 1. The molecule has 4 rings (SSSR count). The van der Waals surface area contributed by atoms with Gasteiger partial charge in [-0.15, -0.1) is 0 Å². The molecule has 0 fully saturated rings. The van der Waals surface area contributed by atoms with Crippen molar-refractivity contribution in [2.24, 2.45) is 11.8 Å². The fourth-order valence-electron chi connectivity index (χ4n) is 6.15. The molecule has 0 bridgehead atoms. The second-order valence-corrected chi connectivity index (χ2v) is 16.7. The van der Waals surface area contributed by atoms with Gasteiger partial charge in [0.1, 0.15) is 46.9 Å². The van der Waals surface area contributed by atoms with Crippen LogP contribution >= 0.6 is 0 Å². The van der Waals surface area contributed by atoms with E-state index in [0.29, 0.717) is 23.3 Å². The quantitative estimate of drug-likeness (QED) is 0.111. The van der Waals surface area contributed by atoms with Gasteiger partial charge in [-0.05, 0) is 117 Å². The van der Waals surface area contributed by atoms with Gasteiger partial charge in [-0.25, -0.2) is 0 Å². The molecule has 0 saturated heterocycles. The summed E-state index contributed by atoms with van der Waals surface area (Å²) in [6.45, 7) is 26.6. The van der Waals surface area contributed by atoms with Crippen LogP contribution in [0, 0.1) is 11.8 Å². The maximum Gasteiger partial charge on any atom is 0.132 e. The Morgan fingerprint density at radius 2 is 0.788 bits per heavy atom. The average Bonchev–Trinajstić information content (AvgIpc) is 3.12. The van der Waals surface area contributed by atoms with E-state index in [4.69, 9.17) is 18.9 Å². The van der Waals surface area contributed by atoms with Gasteiger partial charge in [-0.2, -0.15) is 0 Å². The van der Waals surface area contributed by atoms with Crippen LogP contribution in [-0.2, 0) is 10.8 Å². The van der Waals surface area contributed by atoms with Gasteiger partial charge in [0.25, 0.3) is 0 Å². The highest BCUT2D eigenvalue weighted by molar-refractivity contribution is 5.43. The lowest BCUT2D eigenvalue weighted by molar-refractivity contribution is -0.0492. The summed E-state index contributed by atoms with van der Waals surface area (Å²) < 4.78 is 24.7. The van der Waals surface area contributed by atoms with Crippen molar-refractivity contribution >= 4 is 0 Å². The summed E-state index contributed by atoms with van der Waals surface area (Å²) in [4.78, 5) is 0. The van der Waals surface area contributed by atoms with Crippen LogP contribution in [0.4, 0.5) is 0 Å². The summed E-state index contributed by atoms with van der Waals surface area (Å²) in [5, 5.41) is 11.1. The molecule has 0 radical (unpaired) electrons. The molecule has 0 aliphatic rings. The third-order valence-electron chi connectivity index (χ3n) is 11.3. The van der Waals surface area contributed by atoms with E-state index in [1.807, 2.05) is 38.1 Å². The lowest BCUT2D eigenvalue weighted by atomic mass is 9.78. The SMILES string of the molecule is CCC(C)COc1ccc(C(C)(C)c2ccc(OC(C)(C)C(O)COc3ccc(C(C)(C)c4ccc(OC(C)(C)C(C)CC)cc4)cc3)cc2)cc1. The van der Waals surface area contributed by atoms with E-state index >= 15 is 0 Å². The second-order valence-electron chi connectivity index (χ2n) is 16.7. The molecule has 3 unspecified atom stereocenters. The molecule has 0 heterocycles. The van der Waals surface area contributed by atoms with Crippen LogP contribution in [0.2, 0.25) is 0 Å². The van der Waals surface area contributed by atoms with Crippen LogP contribution in [0.3, 0.4) is 0 Å². The van der Waals surface area contributed by atoms with Gasteiger partial charge < -0.3 is 24.1 Å². The van der Waals surface area contributed by atoms with Crippen LogP contribution in [0.1, 0.15) is 118 Å². The van der Waals surface area contributed by atoms with Crippen molar-refractivity contribution in [1.82, 2.24) is 0 Å². The maximum absolute atomic E-state index is 11.1. The molecular formula is C47H64O5. The Morgan fingerprint density at radius 1 is 0.462 bits per heavy atom. The van der Waals surface area contributed by atoms with Gasteiger partial charge in [0.15, 0.2) is 0 Å². The first-order chi connectivity index (χ1) is 24.4. The molecule has 0 spiro atoms. The highest BCUT2D eigenvalue weighted by atomic mass is 16.5.